The molecule has 18 heavy (non-hydrogen) atoms. The highest BCUT2D eigenvalue weighted by molar-refractivity contribution is 7.94. The van der Waals surface area contributed by atoms with E-state index in [4.69, 9.17) is 0 Å². The number of amides is 1. The Morgan fingerprint density at radius 3 is 2.72 bits per heavy atom. The molecule has 1 amide bonds. The van der Waals surface area contributed by atoms with Gasteiger partial charge in [-0.1, -0.05) is 6.07 Å². The fourth-order valence-corrected chi connectivity index (χ4v) is 2.90. The lowest BCUT2D eigenvalue weighted by Gasteiger charge is -2.10. The Labute approximate surface area is 105 Å². The van der Waals surface area contributed by atoms with Gasteiger partial charge in [-0.25, -0.2) is 8.42 Å². The molecule has 6 heteroatoms. The molecular weight excluding hydrogens is 254 g/mol. The number of aryl methyl sites for hydroxylation is 1. The Morgan fingerprint density at radius 2 is 2.17 bits per heavy atom. The fourth-order valence-electron chi connectivity index (χ4n) is 1.67. The second-order valence-electron chi connectivity index (χ2n) is 4.24. The van der Waals surface area contributed by atoms with Crippen LogP contribution in [0.1, 0.15) is 15.9 Å². The molecular formula is C12H13NO4S. The van der Waals surface area contributed by atoms with E-state index in [1.165, 1.54) is 12.1 Å². The molecule has 0 aromatic heterocycles. The Kier molecular flexibility index (Phi) is 3.13. The minimum atomic E-state index is -3.18. The van der Waals surface area contributed by atoms with Crippen molar-refractivity contribution >= 4 is 15.7 Å². The number of nitrogens with one attached hydrogen (secondary N) is 1. The number of phenolic OH excluding ortho intramolecular Hbond substituents is 1. The van der Waals surface area contributed by atoms with Crippen LogP contribution >= 0.6 is 0 Å². The lowest BCUT2D eigenvalue weighted by molar-refractivity contribution is 0.0947. The van der Waals surface area contributed by atoms with Crippen LogP contribution in [0, 0.1) is 6.92 Å². The molecule has 0 aliphatic carbocycles. The molecule has 96 valence electrons. The van der Waals surface area contributed by atoms with Gasteiger partial charge in [0.05, 0.1) is 11.8 Å². The van der Waals surface area contributed by atoms with E-state index in [9.17, 15) is 18.3 Å². The van der Waals surface area contributed by atoms with Gasteiger partial charge in [0.25, 0.3) is 5.91 Å². The van der Waals surface area contributed by atoms with Gasteiger partial charge in [0.15, 0.2) is 9.84 Å². The van der Waals surface area contributed by atoms with Crippen molar-refractivity contribution in [3.8, 4) is 5.75 Å². The lowest BCUT2D eigenvalue weighted by atomic mass is 10.1. The van der Waals surface area contributed by atoms with E-state index < -0.39 is 21.8 Å². The number of phenols is 1. The maximum absolute atomic E-state index is 11.8. The summed E-state index contributed by atoms with van der Waals surface area (Å²) in [7, 11) is -3.18. The molecule has 1 aliphatic rings. The van der Waals surface area contributed by atoms with E-state index in [0.29, 0.717) is 11.1 Å². The van der Waals surface area contributed by atoms with Gasteiger partial charge in [-0.3, -0.25) is 4.79 Å². The normalized spacial score (nSPS) is 20.8. The number of hydrogen-bond acceptors (Lipinski definition) is 4. The highest BCUT2D eigenvalue weighted by Gasteiger charge is 2.23. The van der Waals surface area contributed by atoms with Crippen LogP contribution in [0.3, 0.4) is 0 Å². The largest absolute Gasteiger partial charge is 0.508 e. The van der Waals surface area contributed by atoms with Gasteiger partial charge in [0.1, 0.15) is 5.75 Å². The Balaban J connectivity index is 2.09. The summed E-state index contributed by atoms with van der Waals surface area (Å²) in [5.41, 5.74) is 0.977. The molecule has 1 aromatic rings. The van der Waals surface area contributed by atoms with Crippen LogP contribution in [-0.4, -0.2) is 31.2 Å². The zero-order valence-electron chi connectivity index (χ0n) is 9.75. The molecule has 0 saturated heterocycles. The minimum Gasteiger partial charge on any atom is -0.508 e. The zero-order valence-corrected chi connectivity index (χ0v) is 10.6. The third kappa shape index (κ3) is 2.70. The first-order valence-corrected chi connectivity index (χ1v) is 7.10. The average Bonchev–Trinajstić information content (AvgIpc) is 2.62. The predicted octanol–water partition coefficient (Wildman–Crippen LogP) is 0.741. The number of benzene rings is 1. The minimum absolute atomic E-state index is 0.0391. The topological polar surface area (TPSA) is 83.5 Å². The Morgan fingerprint density at radius 1 is 1.44 bits per heavy atom. The summed E-state index contributed by atoms with van der Waals surface area (Å²) in [6, 6.07) is 4.06. The summed E-state index contributed by atoms with van der Waals surface area (Å²) >= 11 is 0. The van der Waals surface area contributed by atoms with Gasteiger partial charge >= 0.3 is 0 Å². The predicted molar refractivity (Wildman–Crippen MR) is 67.0 cm³/mol. The lowest BCUT2D eigenvalue weighted by Crippen LogP contribution is -2.35. The van der Waals surface area contributed by atoms with Crippen LogP contribution in [0.25, 0.3) is 0 Å². The first-order chi connectivity index (χ1) is 8.37. The van der Waals surface area contributed by atoms with Crippen LogP contribution in [0.4, 0.5) is 0 Å². The number of sulfone groups is 1. The molecule has 1 unspecified atom stereocenters. The smallest absolute Gasteiger partial charge is 0.251 e. The van der Waals surface area contributed by atoms with Gasteiger partial charge < -0.3 is 10.4 Å². The molecule has 2 rings (SSSR count). The number of aromatic hydroxyl groups is 1. The van der Waals surface area contributed by atoms with Crippen molar-refractivity contribution in [2.45, 2.75) is 13.0 Å². The van der Waals surface area contributed by atoms with Crippen molar-refractivity contribution in [3.63, 3.8) is 0 Å². The fraction of sp³-hybridized carbons (Fsp3) is 0.250. The van der Waals surface area contributed by atoms with E-state index in [0.717, 1.165) is 5.41 Å². The Hall–Kier alpha value is -1.82. The van der Waals surface area contributed by atoms with Crippen molar-refractivity contribution in [1.82, 2.24) is 5.32 Å². The van der Waals surface area contributed by atoms with Gasteiger partial charge in [-0.05, 0) is 30.7 Å². The van der Waals surface area contributed by atoms with Crippen LogP contribution in [0.2, 0.25) is 0 Å². The van der Waals surface area contributed by atoms with E-state index in [1.807, 2.05) is 0 Å². The number of hydrogen-bond donors (Lipinski definition) is 2. The van der Waals surface area contributed by atoms with Gasteiger partial charge in [0.2, 0.25) is 0 Å². The molecule has 0 fully saturated rings. The monoisotopic (exact) mass is 267 g/mol. The quantitative estimate of drug-likeness (QED) is 0.828. The summed E-state index contributed by atoms with van der Waals surface area (Å²) in [4.78, 5) is 11.8. The molecule has 1 aliphatic heterocycles. The number of carbonyl (C=O) groups excluding carboxylic acids is 1. The third-order valence-corrected chi connectivity index (χ3v) is 4.11. The molecule has 0 bridgehead atoms. The maximum atomic E-state index is 11.8. The molecule has 0 saturated carbocycles. The summed E-state index contributed by atoms with van der Waals surface area (Å²) in [6.45, 7) is 1.73. The average molecular weight is 267 g/mol. The molecule has 0 radical (unpaired) electrons. The summed E-state index contributed by atoms with van der Waals surface area (Å²) in [5.74, 6) is -0.481. The first-order valence-electron chi connectivity index (χ1n) is 5.39. The van der Waals surface area contributed by atoms with Crippen molar-refractivity contribution in [1.29, 1.82) is 0 Å². The molecule has 1 aromatic carbocycles. The standard InChI is InChI=1S/C12H13NO4S/c1-8-2-3-9(6-11(8)14)12(15)13-10-4-5-18(16,17)7-10/h2-6,10,14H,7H2,1H3,(H,13,15). The summed E-state index contributed by atoms with van der Waals surface area (Å²) in [6.07, 6.45) is 1.45. The van der Waals surface area contributed by atoms with Gasteiger partial charge in [0, 0.05) is 11.0 Å². The van der Waals surface area contributed by atoms with E-state index in [2.05, 4.69) is 5.32 Å². The van der Waals surface area contributed by atoms with E-state index >= 15 is 0 Å². The van der Waals surface area contributed by atoms with E-state index in [-0.39, 0.29) is 11.5 Å². The summed E-state index contributed by atoms with van der Waals surface area (Å²) < 4.78 is 22.4. The highest BCUT2D eigenvalue weighted by Crippen LogP contribution is 2.17. The first kappa shape index (κ1) is 12.6. The van der Waals surface area contributed by atoms with Crippen molar-refractivity contribution in [2.75, 3.05) is 5.75 Å². The number of rotatable bonds is 2. The zero-order chi connectivity index (χ0) is 13.3. The van der Waals surface area contributed by atoms with Gasteiger partial charge in [-0.2, -0.15) is 0 Å². The second-order valence-corrected chi connectivity index (χ2v) is 6.17. The summed E-state index contributed by atoms with van der Waals surface area (Å²) in [5, 5.41) is 13.2. The van der Waals surface area contributed by atoms with Crippen LogP contribution < -0.4 is 5.32 Å². The SMILES string of the molecule is Cc1ccc(C(=O)NC2C=CS(=O)(=O)C2)cc1O. The molecule has 1 heterocycles. The van der Waals surface area contributed by atoms with E-state index in [1.54, 1.807) is 19.1 Å². The van der Waals surface area contributed by atoms with Crippen LogP contribution in [0.5, 0.6) is 5.75 Å². The van der Waals surface area contributed by atoms with Crippen molar-refractivity contribution < 1.29 is 18.3 Å². The van der Waals surface area contributed by atoms with Crippen molar-refractivity contribution in [3.05, 3.63) is 40.8 Å². The molecule has 0 spiro atoms. The molecule has 1 atom stereocenters. The molecule has 5 nitrogen and oxygen atoms in total. The third-order valence-electron chi connectivity index (χ3n) is 2.72. The van der Waals surface area contributed by atoms with Gasteiger partial charge in [-0.15, -0.1) is 0 Å². The van der Waals surface area contributed by atoms with Crippen molar-refractivity contribution in [2.24, 2.45) is 0 Å². The Bertz CT molecular complexity index is 619. The van der Waals surface area contributed by atoms with Crippen LogP contribution in [-0.2, 0) is 9.84 Å². The second kappa shape index (κ2) is 4.45. The number of carbonyl (C=O) groups is 1. The highest BCUT2D eigenvalue weighted by atomic mass is 32.2. The molecule has 2 N–H and O–H groups in total. The maximum Gasteiger partial charge on any atom is 0.251 e. The van der Waals surface area contributed by atoms with Crippen LogP contribution in [0.15, 0.2) is 29.7 Å².